The van der Waals surface area contributed by atoms with E-state index in [1.165, 1.54) is 19.2 Å². The first kappa shape index (κ1) is 18.2. The number of methoxy groups -OCH3 is 1. The van der Waals surface area contributed by atoms with Gasteiger partial charge in [0.25, 0.3) is 5.56 Å². The summed E-state index contributed by atoms with van der Waals surface area (Å²) in [5, 5.41) is 9.43. The minimum atomic E-state index is -0.459. The summed E-state index contributed by atoms with van der Waals surface area (Å²) < 4.78 is 24.4. The Hall–Kier alpha value is -3.59. The molecule has 0 spiro atoms. The number of hydrogen-bond acceptors (Lipinski definition) is 4. The van der Waals surface area contributed by atoms with E-state index >= 15 is 0 Å². The monoisotopic (exact) mass is 364 g/mol. The lowest BCUT2D eigenvalue weighted by Gasteiger charge is -2.16. The van der Waals surface area contributed by atoms with Crippen molar-refractivity contribution < 1.29 is 13.9 Å². The molecule has 0 aliphatic rings. The van der Waals surface area contributed by atoms with Gasteiger partial charge >= 0.3 is 0 Å². The molecule has 1 N–H and O–H groups in total. The number of H-pyrrole nitrogens is 1. The summed E-state index contributed by atoms with van der Waals surface area (Å²) in [6.07, 6.45) is 0. The highest BCUT2D eigenvalue weighted by Gasteiger charge is 2.18. The van der Waals surface area contributed by atoms with Gasteiger partial charge < -0.3 is 14.5 Å². The molecule has 6 heteroatoms. The van der Waals surface area contributed by atoms with Crippen molar-refractivity contribution in [2.45, 2.75) is 13.5 Å². The fourth-order valence-electron chi connectivity index (χ4n) is 2.79. The number of hydrogen-bond donors (Lipinski definition) is 1. The summed E-state index contributed by atoms with van der Waals surface area (Å²) in [6, 6.07) is 14.9. The molecule has 1 heterocycles. The van der Waals surface area contributed by atoms with E-state index in [0.717, 1.165) is 5.56 Å². The number of ether oxygens (including phenoxy) is 2. The van der Waals surface area contributed by atoms with Gasteiger partial charge in [-0.1, -0.05) is 24.3 Å². The highest BCUT2D eigenvalue weighted by atomic mass is 19.1. The largest absolute Gasteiger partial charge is 0.493 e. The molecule has 1 aromatic heterocycles. The molecule has 0 atom stereocenters. The Morgan fingerprint density at radius 3 is 2.56 bits per heavy atom. The van der Waals surface area contributed by atoms with E-state index in [0.29, 0.717) is 28.3 Å². The first-order valence-electron chi connectivity index (χ1n) is 8.22. The molecule has 2 aromatic carbocycles. The van der Waals surface area contributed by atoms with Gasteiger partial charge in [0.05, 0.1) is 7.11 Å². The number of pyridine rings is 1. The van der Waals surface area contributed by atoms with E-state index in [9.17, 15) is 14.4 Å². The maximum absolute atomic E-state index is 13.1. The Bertz CT molecular complexity index is 1070. The number of halogens is 1. The minimum Gasteiger partial charge on any atom is -0.493 e. The minimum absolute atomic E-state index is 0.000449. The van der Waals surface area contributed by atoms with Crippen LogP contribution in [0.15, 0.2) is 53.3 Å². The normalized spacial score (nSPS) is 10.3. The van der Waals surface area contributed by atoms with Crippen LogP contribution in [-0.4, -0.2) is 12.1 Å². The molecule has 3 aromatic rings. The summed E-state index contributed by atoms with van der Waals surface area (Å²) >= 11 is 0. The summed E-state index contributed by atoms with van der Waals surface area (Å²) in [4.78, 5) is 14.8. The van der Waals surface area contributed by atoms with Crippen molar-refractivity contribution >= 4 is 0 Å². The molecule has 0 aliphatic heterocycles. The smallest absolute Gasteiger partial charge is 0.266 e. The fraction of sp³-hybridized carbons (Fsp3) is 0.143. The molecular weight excluding hydrogens is 347 g/mol. The maximum atomic E-state index is 13.1. The van der Waals surface area contributed by atoms with Crippen LogP contribution < -0.4 is 15.0 Å². The Balaban J connectivity index is 2.09. The predicted octanol–water partition coefficient (Wildman–Crippen LogP) is 3.95. The Kier molecular flexibility index (Phi) is 5.23. The van der Waals surface area contributed by atoms with Crippen molar-refractivity contribution in [3.8, 4) is 28.7 Å². The number of nitrogens with one attached hydrogen (secondary N) is 1. The van der Waals surface area contributed by atoms with E-state index < -0.39 is 5.56 Å². The van der Waals surface area contributed by atoms with Crippen molar-refractivity contribution in [1.29, 1.82) is 5.26 Å². The number of aryl methyl sites for hydroxylation is 1. The number of nitriles is 1. The van der Waals surface area contributed by atoms with Crippen LogP contribution in [0.1, 0.15) is 16.8 Å². The predicted molar refractivity (Wildman–Crippen MR) is 99.2 cm³/mol. The zero-order valence-electron chi connectivity index (χ0n) is 14.9. The molecule has 0 radical (unpaired) electrons. The molecule has 3 rings (SSSR count). The zero-order valence-corrected chi connectivity index (χ0v) is 14.9. The molecule has 0 aliphatic carbocycles. The molecule has 27 heavy (non-hydrogen) atoms. The molecule has 0 fully saturated rings. The molecule has 5 nitrogen and oxygen atoms in total. The van der Waals surface area contributed by atoms with Gasteiger partial charge in [0.2, 0.25) is 0 Å². The average molecular weight is 364 g/mol. The van der Waals surface area contributed by atoms with Crippen molar-refractivity contribution in [2.75, 3.05) is 7.11 Å². The molecule has 0 saturated heterocycles. The van der Waals surface area contributed by atoms with Crippen LogP contribution in [0.5, 0.6) is 11.5 Å². The van der Waals surface area contributed by atoms with Gasteiger partial charge in [-0.2, -0.15) is 5.26 Å². The Morgan fingerprint density at radius 1 is 1.15 bits per heavy atom. The molecule has 0 amide bonds. The summed E-state index contributed by atoms with van der Waals surface area (Å²) in [5.41, 5.74) is 1.98. The van der Waals surface area contributed by atoms with Gasteiger partial charge in [-0.15, -0.1) is 0 Å². The van der Waals surface area contributed by atoms with Crippen molar-refractivity contribution in [3.63, 3.8) is 0 Å². The van der Waals surface area contributed by atoms with Gasteiger partial charge in [-0.3, -0.25) is 4.79 Å². The molecule has 0 unspecified atom stereocenters. The highest BCUT2D eigenvalue weighted by Crippen LogP contribution is 2.39. The van der Waals surface area contributed by atoms with E-state index in [2.05, 4.69) is 4.98 Å². The van der Waals surface area contributed by atoms with E-state index in [4.69, 9.17) is 9.47 Å². The van der Waals surface area contributed by atoms with Crippen molar-refractivity contribution in [1.82, 2.24) is 4.98 Å². The number of benzene rings is 2. The lowest BCUT2D eigenvalue weighted by Crippen LogP contribution is -2.13. The van der Waals surface area contributed by atoms with E-state index in [1.807, 2.05) is 6.07 Å². The quantitative estimate of drug-likeness (QED) is 0.744. The standard InChI is InChI=1S/C21H17FN2O3/c1-13-10-17(18(11-23)21(25)24-13)16-4-3-5-19(26-2)20(16)27-12-14-6-8-15(22)9-7-14/h3-10H,12H2,1-2H3,(H,24,25). The first-order chi connectivity index (χ1) is 13.0. The second-order valence-electron chi connectivity index (χ2n) is 5.93. The van der Waals surface area contributed by atoms with Gasteiger partial charge in [0, 0.05) is 16.8 Å². The molecule has 0 saturated carbocycles. The van der Waals surface area contributed by atoms with Crippen LogP contribution in [0, 0.1) is 24.1 Å². The van der Waals surface area contributed by atoms with E-state index in [1.54, 1.807) is 43.3 Å². The number of para-hydroxylation sites is 1. The van der Waals surface area contributed by atoms with Crippen molar-refractivity contribution in [2.24, 2.45) is 0 Å². The first-order valence-corrected chi connectivity index (χ1v) is 8.22. The molecule has 0 bridgehead atoms. The Labute approximate surface area is 155 Å². The molecule has 136 valence electrons. The molecular formula is C21H17FN2O3. The zero-order chi connectivity index (χ0) is 19.4. The Morgan fingerprint density at radius 2 is 1.89 bits per heavy atom. The van der Waals surface area contributed by atoms with Crippen LogP contribution in [0.3, 0.4) is 0 Å². The number of aromatic amines is 1. The lowest BCUT2D eigenvalue weighted by atomic mass is 9.99. The third kappa shape index (κ3) is 3.82. The summed E-state index contributed by atoms with van der Waals surface area (Å²) in [5.74, 6) is 0.552. The van der Waals surface area contributed by atoms with Crippen molar-refractivity contribution in [3.05, 3.63) is 81.5 Å². The van der Waals surface area contributed by atoms with Gasteiger partial charge in [-0.25, -0.2) is 4.39 Å². The maximum Gasteiger partial charge on any atom is 0.266 e. The second kappa shape index (κ2) is 7.75. The van der Waals surface area contributed by atoms with Gasteiger partial charge in [0.1, 0.15) is 24.1 Å². The number of aromatic nitrogens is 1. The third-order valence-corrected chi connectivity index (χ3v) is 4.07. The van der Waals surface area contributed by atoms with Gasteiger partial charge in [-0.05, 0) is 36.8 Å². The number of rotatable bonds is 5. The van der Waals surface area contributed by atoms with Crippen LogP contribution in [0.25, 0.3) is 11.1 Å². The average Bonchev–Trinajstić information content (AvgIpc) is 2.66. The fourth-order valence-corrected chi connectivity index (χ4v) is 2.79. The van der Waals surface area contributed by atoms with E-state index in [-0.39, 0.29) is 18.0 Å². The van der Waals surface area contributed by atoms with Crippen LogP contribution >= 0.6 is 0 Å². The summed E-state index contributed by atoms with van der Waals surface area (Å²) in [6.45, 7) is 1.92. The summed E-state index contributed by atoms with van der Waals surface area (Å²) in [7, 11) is 1.51. The van der Waals surface area contributed by atoms with Crippen LogP contribution in [-0.2, 0) is 6.61 Å². The van der Waals surface area contributed by atoms with Crippen LogP contribution in [0.2, 0.25) is 0 Å². The third-order valence-electron chi connectivity index (χ3n) is 4.07. The number of nitrogens with zero attached hydrogens (tertiary/aromatic N) is 1. The van der Waals surface area contributed by atoms with Crippen LogP contribution in [0.4, 0.5) is 4.39 Å². The lowest BCUT2D eigenvalue weighted by molar-refractivity contribution is 0.285. The van der Waals surface area contributed by atoms with Gasteiger partial charge in [0.15, 0.2) is 11.5 Å². The SMILES string of the molecule is COc1cccc(-c2cc(C)[nH]c(=O)c2C#N)c1OCc1ccc(F)cc1. The topological polar surface area (TPSA) is 75.1 Å². The second-order valence-corrected chi connectivity index (χ2v) is 5.93. The highest BCUT2D eigenvalue weighted by molar-refractivity contribution is 5.78.